The first-order valence-electron chi connectivity index (χ1n) is 14.5. The summed E-state index contributed by atoms with van der Waals surface area (Å²) >= 11 is 0. The summed E-state index contributed by atoms with van der Waals surface area (Å²) in [5.41, 5.74) is 2.66. The molecule has 1 fully saturated rings. The van der Waals surface area contributed by atoms with E-state index in [9.17, 15) is 22.8 Å². The predicted molar refractivity (Wildman–Crippen MR) is 157 cm³/mol. The second-order valence-corrected chi connectivity index (χ2v) is 10.7. The average molecular weight is 621 g/mol. The fourth-order valence-electron chi connectivity index (χ4n) is 4.93. The molecule has 0 saturated heterocycles. The predicted octanol–water partition coefficient (Wildman–Crippen LogP) is 5.91. The number of ether oxygens (including phenoxy) is 4. The van der Waals surface area contributed by atoms with Crippen molar-refractivity contribution in [2.24, 2.45) is 5.92 Å². The lowest BCUT2D eigenvalue weighted by atomic mass is 9.77. The van der Waals surface area contributed by atoms with Crippen LogP contribution in [0.25, 0.3) is 11.1 Å². The highest BCUT2D eigenvalue weighted by atomic mass is 19.4. The number of hydrogen-bond acceptors (Lipinski definition) is 8. The number of carbonyl (C=O) groups is 2. The van der Waals surface area contributed by atoms with E-state index in [-0.39, 0.29) is 49.9 Å². The molecule has 3 rings (SSSR count). The Bertz CT molecular complexity index is 1210. The molecule has 0 atom stereocenters. The Morgan fingerprint density at radius 2 is 1.25 bits per heavy atom. The lowest BCUT2D eigenvalue weighted by Crippen LogP contribution is -2.16. The van der Waals surface area contributed by atoms with Gasteiger partial charge in [0.15, 0.2) is 0 Å². The van der Waals surface area contributed by atoms with E-state index in [1.807, 2.05) is 24.3 Å². The number of carbonyl (C=O) groups excluding carboxylic acids is 2. The smallest absolute Gasteiger partial charge is 0.389 e. The average Bonchev–Trinajstić information content (AvgIpc) is 3.03. The zero-order valence-corrected chi connectivity index (χ0v) is 24.6. The minimum absolute atomic E-state index is 0.0266. The van der Waals surface area contributed by atoms with Crippen LogP contribution >= 0.6 is 0 Å². The number of alkyl halides is 3. The number of esters is 2. The standard InChI is InChI=1S/C33H39F3O8/c1-22(20-37)31(39)43-15-13-41-29-17-28(18-30(19-29)42-14-16-44-32(40)23(2)21-38)27-9-7-26(8-10-27)25-5-3-24(4-6-25)11-12-33(34,35)36/h7-10,17-19,24-25,37-38H,1-6,11-16,20-21H2. The highest BCUT2D eigenvalue weighted by Gasteiger charge is 2.30. The van der Waals surface area contributed by atoms with Gasteiger partial charge >= 0.3 is 18.1 Å². The fourth-order valence-corrected chi connectivity index (χ4v) is 4.93. The van der Waals surface area contributed by atoms with Gasteiger partial charge in [0.25, 0.3) is 0 Å². The van der Waals surface area contributed by atoms with Crippen molar-refractivity contribution in [1.29, 1.82) is 0 Å². The minimum Gasteiger partial charge on any atom is -0.490 e. The van der Waals surface area contributed by atoms with Gasteiger partial charge in [-0.3, -0.25) is 0 Å². The zero-order valence-electron chi connectivity index (χ0n) is 24.6. The topological polar surface area (TPSA) is 112 Å². The zero-order chi connectivity index (χ0) is 32.1. The van der Waals surface area contributed by atoms with Gasteiger partial charge in [-0.1, -0.05) is 37.4 Å². The highest BCUT2D eigenvalue weighted by molar-refractivity contribution is 5.88. The molecule has 1 saturated carbocycles. The minimum atomic E-state index is -4.11. The number of benzene rings is 2. The van der Waals surface area contributed by atoms with Gasteiger partial charge in [-0.15, -0.1) is 0 Å². The van der Waals surface area contributed by atoms with E-state index in [1.54, 1.807) is 18.2 Å². The lowest BCUT2D eigenvalue weighted by Gasteiger charge is -2.29. The van der Waals surface area contributed by atoms with Gasteiger partial charge in [0, 0.05) is 12.5 Å². The van der Waals surface area contributed by atoms with Crippen molar-refractivity contribution >= 4 is 11.9 Å². The molecule has 0 heterocycles. The van der Waals surface area contributed by atoms with E-state index in [0.29, 0.717) is 17.4 Å². The van der Waals surface area contributed by atoms with Crippen molar-refractivity contribution in [2.75, 3.05) is 39.6 Å². The number of aliphatic hydroxyl groups excluding tert-OH is 2. The number of aliphatic hydroxyl groups is 2. The molecule has 11 heteroatoms. The summed E-state index contributed by atoms with van der Waals surface area (Å²) in [6.45, 7) is 5.72. The molecular formula is C33H39F3O8. The highest BCUT2D eigenvalue weighted by Crippen LogP contribution is 2.40. The van der Waals surface area contributed by atoms with E-state index >= 15 is 0 Å². The molecule has 240 valence electrons. The van der Waals surface area contributed by atoms with Crippen molar-refractivity contribution in [3.8, 4) is 22.6 Å². The van der Waals surface area contributed by atoms with Gasteiger partial charge in [0.2, 0.25) is 0 Å². The Morgan fingerprint density at radius 3 is 1.70 bits per heavy atom. The second kappa shape index (κ2) is 16.9. The van der Waals surface area contributed by atoms with E-state index in [4.69, 9.17) is 29.2 Å². The second-order valence-electron chi connectivity index (χ2n) is 10.7. The maximum Gasteiger partial charge on any atom is 0.389 e. The van der Waals surface area contributed by atoms with Crippen molar-refractivity contribution in [2.45, 2.75) is 50.6 Å². The summed E-state index contributed by atoms with van der Waals surface area (Å²) in [6, 6.07) is 13.2. The number of hydrogen-bond donors (Lipinski definition) is 2. The first kappa shape index (κ1) is 34.7. The van der Waals surface area contributed by atoms with E-state index < -0.39 is 37.7 Å². The SMILES string of the molecule is C=C(CO)C(=O)OCCOc1cc(OCCOC(=O)C(=C)CO)cc(-c2ccc(C3CCC(CCC(F)(F)F)CC3)cc2)c1. The van der Waals surface area contributed by atoms with Crippen LogP contribution in [0.3, 0.4) is 0 Å². The Balaban J connectivity index is 1.65. The van der Waals surface area contributed by atoms with Crippen molar-refractivity contribution in [3.63, 3.8) is 0 Å². The molecule has 0 aliphatic heterocycles. The molecule has 0 bridgehead atoms. The van der Waals surface area contributed by atoms with Crippen LogP contribution in [-0.4, -0.2) is 68.0 Å². The van der Waals surface area contributed by atoms with Gasteiger partial charge in [-0.05, 0) is 72.8 Å². The van der Waals surface area contributed by atoms with Gasteiger partial charge < -0.3 is 29.2 Å². The maximum absolute atomic E-state index is 12.6. The number of rotatable bonds is 16. The van der Waals surface area contributed by atoms with Gasteiger partial charge in [-0.2, -0.15) is 13.2 Å². The molecule has 1 aliphatic rings. The van der Waals surface area contributed by atoms with Crippen molar-refractivity contribution < 1.29 is 51.9 Å². The summed E-state index contributed by atoms with van der Waals surface area (Å²) in [7, 11) is 0. The fraction of sp³-hybridized carbons (Fsp3) is 0.455. The molecule has 0 spiro atoms. The lowest BCUT2D eigenvalue weighted by molar-refractivity contribution is -0.141. The number of halogens is 3. The quantitative estimate of drug-likeness (QED) is 0.135. The Hall–Kier alpha value is -3.83. The molecule has 0 radical (unpaired) electrons. The van der Waals surface area contributed by atoms with Crippen LogP contribution in [0, 0.1) is 5.92 Å². The van der Waals surface area contributed by atoms with Crippen LogP contribution in [0.5, 0.6) is 11.5 Å². The monoisotopic (exact) mass is 620 g/mol. The Kier molecular flexibility index (Phi) is 13.3. The molecule has 2 aromatic carbocycles. The molecule has 0 aromatic heterocycles. The Labute approximate surface area is 255 Å². The largest absolute Gasteiger partial charge is 0.490 e. The summed E-state index contributed by atoms with van der Waals surface area (Å²) in [5.74, 6) is -0.163. The third-order valence-corrected chi connectivity index (χ3v) is 7.41. The molecule has 44 heavy (non-hydrogen) atoms. The summed E-state index contributed by atoms with van der Waals surface area (Å²) in [6.07, 6.45) is -1.35. The van der Waals surface area contributed by atoms with E-state index in [2.05, 4.69) is 13.2 Å². The van der Waals surface area contributed by atoms with Crippen LogP contribution in [0.15, 0.2) is 66.8 Å². The van der Waals surface area contributed by atoms with Gasteiger partial charge in [0.05, 0.1) is 24.4 Å². The molecule has 0 unspecified atom stereocenters. The molecule has 1 aliphatic carbocycles. The van der Waals surface area contributed by atoms with E-state index in [1.165, 1.54) is 0 Å². The summed E-state index contributed by atoms with van der Waals surface area (Å²) in [5, 5.41) is 18.0. The summed E-state index contributed by atoms with van der Waals surface area (Å²) in [4.78, 5) is 23.4. The van der Waals surface area contributed by atoms with Crippen LogP contribution in [-0.2, 0) is 19.1 Å². The molecule has 2 N–H and O–H groups in total. The maximum atomic E-state index is 12.6. The van der Waals surface area contributed by atoms with Crippen LogP contribution in [0.1, 0.15) is 50.0 Å². The normalized spacial score (nSPS) is 16.6. The Morgan fingerprint density at radius 1 is 0.750 bits per heavy atom. The van der Waals surface area contributed by atoms with Gasteiger partial charge in [-0.25, -0.2) is 9.59 Å². The van der Waals surface area contributed by atoms with Crippen molar-refractivity contribution in [1.82, 2.24) is 0 Å². The molecule has 0 amide bonds. The first-order valence-corrected chi connectivity index (χ1v) is 14.5. The van der Waals surface area contributed by atoms with E-state index in [0.717, 1.165) is 42.4 Å². The van der Waals surface area contributed by atoms with Gasteiger partial charge in [0.1, 0.15) is 37.9 Å². The van der Waals surface area contributed by atoms with Crippen LogP contribution in [0.4, 0.5) is 13.2 Å². The molecule has 2 aromatic rings. The van der Waals surface area contributed by atoms with Crippen LogP contribution < -0.4 is 9.47 Å². The molecular weight excluding hydrogens is 581 g/mol. The molecule has 8 nitrogen and oxygen atoms in total. The van der Waals surface area contributed by atoms with Crippen molar-refractivity contribution in [3.05, 3.63) is 72.3 Å². The third kappa shape index (κ3) is 11.3. The van der Waals surface area contributed by atoms with Crippen LogP contribution in [0.2, 0.25) is 0 Å². The summed E-state index contributed by atoms with van der Waals surface area (Å²) < 4.78 is 59.4. The first-order chi connectivity index (χ1) is 21.0. The third-order valence-electron chi connectivity index (χ3n) is 7.41.